The molecule has 1 amide bonds. The maximum absolute atomic E-state index is 13.1. The SMILES string of the molecule is CC1CCC(CN)CN1C(=O)c1ccc(F)c(Cl)c1. The molecule has 1 aliphatic heterocycles. The van der Waals surface area contributed by atoms with Crippen LogP contribution >= 0.6 is 11.6 Å². The third-order valence-corrected chi connectivity index (χ3v) is 4.03. The van der Waals surface area contributed by atoms with E-state index in [4.69, 9.17) is 17.3 Å². The van der Waals surface area contributed by atoms with Crippen LogP contribution in [0.5, 0.6) is 0 Å². The Bertz CT molecular complexity index is 481. The second-order valence-corrected chi connectivity index (χ2v) is 5.52. The number of hydrogen-bond donors (Lipinski definition) is 1. The van der Waals surface area contributed by atoms with E-state index in [1.54, 1.807) is 0 Å². The summed E-state index contributed by atoms with van der Waals surface area (Å²) in [4.78, 5) is 14.2. The number of amides is 1. The molecule has 0 saturated carbocycles. The summed E-state index contributed by atoms with van der Waals surface area (Å²) in [6, 6.07) is 4.27. The van der Waals surface area contributed by atoms with E-state index in [9.17, 15) is 9.18 Å². The zero-order valence-electron chi connectivity index (χ0n) is 10.9. The molecule has 0 aromatic heterocycles. The molecule has 1 aromatic carbocycles. The van der Waals surface area contributed by atoms with Crippen molar-refractivity contribution in [2.45, 2.75) is 25.8 Å². The van der Waals surface area contributed by atoms with Crippen molar-refractivity contribution in [3.05, 3.63) is 34.6 Å². The van der Waals surface area contributed by atoms with Gasteiger partial charge in [0.25, 0.3) is 5.91 Å². The van der Waals surface area contributed by atoms with Crippen LogP contribution in [0, 0.1) is 11.7 Å². The van der Waals surface area contributed by atoms with Gasteiger partial charge in [0.2, 0.25) is 0 Å². The monoisotopic (exact) mass is 284 g/mol. The van der Waals surface area contributed by atoms with Gasteiger partial charge in [-0.15, -0.1) is 0 Å². The Balaban J connectivity index is 2.19. The van der Waals surface area contributed by atoms with Crippen molar-refractivity contribution in [2.24, 2.45) is 11.7 Å². The Hall–Kier alpha value is -1.13. The maximum Gasteiger partial charge on any atom is 0.254 e. The first-order chi connectivity index (χ1) is 9.02. The molecule has 2 atom stereocenters. The average molecular weight is 285 g/mol. The van der Waals surface area contributed by atoms with Gasteiger partial charge in [-0.3, -0.25) is 4.79 Å². The Morgan fingerprint density at radius 1 is 1.53 bits per heavy atom. The molecule has 0 spiro atoms. The van der Waals surface area contributed by atoms with E-state index in [0.29, 0.717) is 24.6 Å². The van der Waals surface area contributed by atoms with Crippen LogP contribution in [0.3, 0.4) is 0 Å². The normalized spacial score (nSPS) is 23.5. The van der Waals surface area contributed by atoms with Crippen LogP contribution in [-0.4, -0.2) is 29.9 Å². The van der Waals surface area contributed by atoms with E-state index in [1.807, 2.05) is 11.8 Å². The number of halogens is 2. The molecule has 1 aliphatic rings. The van der Waals surface area contributed by atoms with Gasteiger partial charge in [0.15, 0.2) is 0 Å². The molecule has 2 N–H and O–H groups in total. The zero-order valence-corrected chi connectivity index (χ0v) is 11.7. The quantitative estimate of drug-likeness (QED) is 0.907. The summed E-state index contributed by atoms with van der Waals surface area (Å²) in [6.07, 6.45) is 1.99. The van der Waals surface area contributed by atoms with E-state index in [0.717, 1.165) is 12.8 Å². The fourth-order valence-electron chi connectivity index (χ4n) is 2.45. The van der Waals surface area contributed by atoms with E-state index >= 15 is 0 Å². The molecule has 1 heterocycles. The largest absolute Gasteiger partial charge is 0.336 e. The van der Waals surface area contributed by atoms with Crippen LogP contribution in [0.2, 0.25) is 5.02 Å². The highest BCUT2D eigenvalue weighted by molar-refractivity contribution is 6.31. The number of nitrogens with zero attached hydrogens (tertiary/aromatic N) is 1. The van der Waals surface area contributed by atoms with Gasteiger partial charge >= 0.3 is 0 Å². The van der Waals surface area contributed by atoms with Crippen molar-refractivity contribution < 1.29 is 9.18 Å². The topological polar surface area (TPSA) is 46.3 Å². The van der Waals surface area contributed by atoms with Gasteiger partial charge in [0, 0.05) is 18.2 Å². The maximum atomic E-state index is 13.1. The summed E-state index contributed by atoms with van der Waals surface area (Å²) >= 11 is 5.72. The Morgan fingerprint density at radius 2 is 2.26 bits per heavy atom. The molecular formula is C14H18ClFN2O. The number of piperidine rings is 1. The van der Waals surface area contributed by atoms with Gasteiger partial charge in [-0.2, -0.15) is 0 Å². The smallest absolute Gasteiger partial charge is 0.254 e. The summed E-state index contributed by atoms with van der Waals surface area (Å²) in [5.41, 5.74) is 6.11. The molecule has 104 valence electrons. The number of carbonyl (C=O) groups excluding carboxylic acids is 1. The number of likely N-dealkylation sites (tertiary alicyclic amines) is 1. The van der Waals surface area contributed by atoms with Gasteiger partial charge in [-0.1, -0.05) is 11.6 Å². The van der Waals surface area contributed by atoms with Crippen LogP contribution in [0.1, 0.15) is 30.1 Å². The first kappa shape index (κ1) is 14.3. The van der Waals surface area contributed by atoms with Crippen molar-refractivity contribution >= 4 is 17.5 Å². The van der Waals surface area contributed by atoms with Crippen molar-refractivity contribution in [3.63, 3.8) is 0 Å². The van der Waals surface area contributed by atoms with E-state index in [2.05, 4.69) is 0 Å². The predicted molar refractivity (Wildman–Crippen MR) is 73.7 cm³/mol. The standard InChI is InChI=1S/C14H18ClFN2O/c1-9-2-3-10(7-17)8-18(9)14(19)11-4-5-13(16)12(15)6-11/h4-6,9-10H,2-3,7-8,17H2,1H3. The van der Waals surface area contributed by atoms with Crippen LogP contribution < -0.4 is 5.73 Å². The van der Waals surface area contributed by atoms with Gasteiger partial charge in [0.1, 0.15) is 5.82 Å². The second kappa shape index (κ2) is 5.88. The summed E-state index contributed by atoms with van der Waals surface area (Å²) in [7, 11) is 0. The molecule has 2 rings (SSSR count). The zero-order chi connectivity index (χ0) is 14.0. The third-order valence-electron chi connectivity index (χ3n) is 3.74. The lowest BCUT2D eigenvalue weighted by atomic mass is 9.93. The number of hydrogen-bond acceptors (Lipinski definition) is 2. The summed E-state index contributed by atoms with van der Waals surface area (Å²) in [5.74, 6) is -0.270. The minimum absolute atomic E-state index is 0.0223. The Labute approximate surface area is 117 Å². The first-order valence-electron chi connectivity index (χ1n) is 6.49. The van der Waals surface area contributed by atoms with Crippen molar-refractivity contribution in [2.75, 3.05) is 13.1 Å². The molecule has 19 heavy (non-hydrogen) atoms. The molecule has 5 heteroatoms. The number of carbonyl (C=O) groups is 1. The van der Waals surface area contributed by atoms with Gasteiger partial charge < -0.3 is 10.6 Å². The molecule has 1 saturated heterocycles. The van der Waals surface area contributed by atoms with E-state index in [-0.39, 0.29) is 17.0 Å². The molecule has 0 aliphatic carbocycles. The minimum atomic E-state index is -0.509. The Morgan fingerprint density at radius 3 is 2.89 bits per heavy atom. The summed E-state index contributed by atoms with van der Waals surface area (Å²) in [5, 5.41) is -0.0223. The lowest BCUT2D eigenvalue weighted by molar-refractivity contribution is 0.0567. The van der Waals surface area contributed by atoms with Crippen molar-refractivity contribution in [3.8, 4) is 0 Å². The molecule has 3 nitrogen and oxygen atoms in total. The lowest BCUT2D eigenvalue weighted by Crippen LogP contribution is -2.47. The van der Waals surface area contributed by atoms with Crippen molar-refractivity contribution in [1.29, 1.82) is 0 Å². The number of benzene rings is 1. The lowest BCUT2D eigenvalue weighted by Gasteiger charge is -2.37. The number of rotatable bonds is 2. The van der Waals surface area contributed by atoms with Gasteiger partial charge in [-0.05, 0) is 50.4 Å². The summed E-state index contributed by atoms with van der Waals surface area (Å²) in [6.45, 7) is 3.27. The molecule has 0 bridgehead atoms. The van der Waals surface area contributed by atoms with Gasteiger partial charge in [-0.25, -0.2) is 4.39 Å². The molecular weight excluding hydrogens is 267 g/mol. The van der Waals surface area contributed by atoms with E-state index < -0.39 is 5.82 Å². The summed E-state index contributed by atoms with van der Waals surface area (Å²) < 4.78 is 13.1. The predicted octanol–water partition coefficient (Wildman–Crippen LogP) is 2.68. The first-order valence-corrected chi connectivity index (χ1v) is 6.86. The molecule has 1 aromatic rings. The Kier molecular flexibility index (Phi) is 4.42. The van der Waals surface area contributed by atoms with Crippen molar-refractivity contribution in [1.82, 2.24) is 4.90 Å². The highest BCUT2D eigenvalue weighted by Crippen LogP contribution is 2.24. The highest BCUT2D eigenvalue weighted by atomic mass is 35.5. The average Bonchev–Trinajstić information content (AvgIpc) is 2.41. The molecule has 1 fully saturated rings. The highest BCUT2D eigenvalue weighted by Gasteiger charge is 2.29. The minimum Gasteiger partial charge on any atom is -0.336 e. The second-order valence-electron chi connectivity index (χ2n) is 5.11. The van der Waals surface area contributed by atoms with Crippen LogP contribution in [0.15, 0.2) is 18.2 Å². The van der Waals surface area contributed by atoms with E-state index in [1.165, 1.54) is 18.2 Å². The fraction of sp³-hybridized carbons (Fsp3) is 0.500. The van der Waals surface area contributed by atoms with Crippen LogP contribution in [-0.2, 0) is 0 Å². The van der Waals surface area contributed by atoms with Crippen LogP contribution in [0.25, 0.3) is 0 Å². The van der Waals surface area contributed by atoms with Crippen LogP contribution in [0.4, 0.5) is 4.39 Å². The fourth-order valence-corrected chi connectivity index (χ4v) is 2.63. The number of nitrogens with two attached hydrogens (primary N) is 1. The third kappa shape index (κ3) is 3.07. The molecule has 2 unspecified atom stereocenters. The van der Waals surface area contributed by atoms with Gasteiger partial charge in [0.05, 0.1) is 5.02 Å². The molecule has 0 radical (unpaired) electrons.